The van der Waals surface area contributed by atoms with Gasteiger partial charge in [0, 0.05) is 5.75 Å². The first-order valence-corrected chi connectivity index (χ1v) is 12.8. The van der Waals surface area contributed by atoms with Gasteiger partial charge in [-0.05, 0) is 50.2 Å². The number of carbonyl (C=O) groups is 4. The minimum atomic E-state index is -1.14. The number of aliphatic carboxylic acids is 1. The molecule has 186 valence electrons. The van der Waals surface area contributed by atoms with Crippen LogP contribution in [0.2, 0.25) is 0 Å². The third-order valence-electron chi connectivity index (χ3n) is 5.14. The van der Waals surface area contributed by atoms with Crippen molar-refractivity contribution in [1.82, 2.24) is 16.0 Å². The van der Waals surface area contributed by atoms with Crippen molar-refractivity contribution < 1.29 is 24.3 Å². The number of carboxylic acid groups (broad SMARTS) is 1. The molecule has 32 heavy (non-hydrogen) atoms. The fourth-order valence-electron chi connectivity index (χ4n) is 2.82. The van der Waals surface area contributed by atoms with Gasteiger partial charge in [0.05, 0.1) is 6.04 Å². The van der Waals surface area contributed by atoms with Gasteiger partial charge in [0.15, 0.2) is 0 Å². The van der Waals surface area contributed by atoms with Crippen molar-refractivity contribution in [2.45, 2.75) is 70.1 Å². The van der Waals surface area contributed by atoms with Crippen LogP contribution in [0.25, 0.3) is 0 Å². The number of carbonyl (C=O) groups excluding carboxylic acids is 3. The van der Waals surface area contributed by atoms with Crippen LogP contribution in [-0.4, -0.2) is 77.3 Å². The Morgan fingerprint density at radius 2 is 1.59 bits per heavy atom. The van der Waals surface area contributed by atoms with Crippen molar-refractivity contribution in [3.63, 3.8) is 0 Å². The summed E-state index contributed by atoms with van der Waals surface area (Å²) in [6.45, 7) is 3.99. The highest BCUT2D eigenvalue weighted by atomic mass is 32.2. The zero-order valence-corrected chi connectivity index (χ0v) is 20.8. The van der Waals surface area contributed by atoms with E-state index in [1.165, 1.54) is 0 Å². The molecule has 0 rings (SSSR count). The Morgan fingerprint density at radius 1 is 1.00 bits per heavy atom. The molecular weight excluding hydrogens is 454 g/mol. The minimum absolute atomic E-state index is 0.00851. The number of hydrogen-bond acceptors (Lipinski definition) is 8. The Balaban J connectivity index is 5.27. The predicted molar refractivity (Wildman–Crippen MR) is 131 cm³/mol. The van der Waals surface area contributed by atoms with Gasteiger partial charge in [-0.25, -0.2) is 4.79 Å². The normalized spacial score (nSPS) is 15.7. The topological polar surface area (TPSA) is 177 Å². The summed E-state index contributed by atoms with van der Waals surface area (Å²) in [5.41, 5.74) is 11.4. The number of amides is 3. The number of thioether (sulfide) groups is 1. The van der Waals surface area contributed by atoms with Crippen molar-refractivity contribution in [3.05, 3.63) is 0 Å². The van der Waals surface area contributed by atoms with E-state index in [2.05, 4.69) is 28.6 Å². The predicted octanol–water partition coefficient (Wildman–Crippen LogP) is -0.289. The quantitative estimate of drug-likeness (QED) is 0.107. The molecule has 0 saturated carbocycles. The molecular formula is C20H39N5O5S2. The minimum Gasteiger partial charge on any atom is -0.480 e. The van der Waals surface area contributed by atoms with E-state index in [0.29, 0.717) is 38.0 Å². The molecule has 0 aliphatic heterocycles. The van der Waals surface area contributed by atoms with E-state index in [0.717, 1.165) is 0 Å². The van der Waals surface area contributed by atoms with Gasteiger partial charge < -0.3 is 32.5 Å². The van der Waals surface area contributed by atoms with Gasteiger partial charge in [-0.2, -0.15) is 24.4 Å². The Kier molecular flexibility index (Phi) is 16.2. The molecule has 0 saturated heterocycles. The van der Waals surface area contributed by atoms with Crippen LogP contribution >= 0.6 is 24.4 Å². The zero-order chi connectivity index (χ0) is 24.7. The molecule has 8 N–H and O–H groups in total. The molecule has 0 bridgehead atoms. The number of hydrogen-bond donors (Lipinski definition) is 7. The molecule has 0 aromatic rings. The summed E-state index contributed by atoms with van der Waals surface area (Å²) in [4.78, 5) is 49.4. The molecule has 12 heteroatoms. The summed E-state index contributed by atoms with van der Waals surface area (Å²) in [5.74, 6) is -2.37. The fourth-order valence-corrected chi connectivity index (χ4v) is 3.57. The van der Waals surface area contributed by atoms with E-state index >= 15 is 0 Å². The van der Waals surface area contributed by atoms with Crippen LogP contribution < -0.4 is 27.4 Å². The van der Waals surface area contributed by atoms with Crippen LogP contribution in [0, 0.1) is 5.92 Å². The van der Waals surface area contributed by atoms with Crippen LogP contribution in [0.3, 0.4) is 0 Å². The summed E-state index contributed by atoms with van der Waals surface area (Å²) in [6.07, 6.45) is 4.41. The largest absolute Gasteiger partial charge is 0.480 e. The molecule has 0 heterocycles. The smallest absolute Gasteiger partial charge is 0.326 e. The highest BCUT2D eigenvalue weighted by Crippen LogP contribution is 2.10. The van der Waals surface area contributed by atoms with Crippen LogP contribution in [0.1, 0.15) is 46.0 Å². The molecule has 0 fully saturated rings. The average Bonchev–Trinajstić information content (AvgIpc) is 2.77. The second kappa shape index (κ2) is 17.0. The second-order valence-electron chi connectivity index (χ2n) is 7.69. The molecule has 0 aromatic carbocycles. The maximum Gasteiger partial charge on any atom is 0.326 e. The SMILES string of the molecule is CCC(C)C(NC(=O)C(CCCCN)NC(=O)C(CS)NC(=O)C(N)CCSC)C(=O)O. The van der Waals surface area contributed by atoms with Gasteiger partial charge in [-0.3, -0.25) is 14.4 Å². The Labute approximate surface area is 200 Å². The van der Waals surface area contributed by atoms with Crippen molar-refractivity contribution >= 4 is 48.1 Å². The monoisotopic (exact) mass is 493 g/mol. The first-order chi connectivity index (χ1) is 15.1. The highest BCUT2D eigenvalue weighted by molar-refractivity contribution is 7.98. The summed E-state index contributed by atoms with van der Waals surface area (Å²) in [6, 6.07) is -3.78. The Bertz CT molecular complexity index is 611. The summed E-state index contributed by atoms with van der Waals surface area (Å²) in [5, 5.41) is 17.2. The zero-order valence-electron chi connectivity index (χ0n) is 19.1. The fraction of sp³-hybridized carbons (Fsp3) is 0.800. The van der Waals surface area contributed by atoms with Gasteiger partial charge in [0.1, 0.15) is 18.1 Å². The van der Waals surface area contributed by atoms with Crippen LogP contribution in [0.4, 0.5) is 0 Å². The van der Waals surface area contributed by atoms with E-state index in [-0.39, 0.29) is 18.1 Å². The first kappa shape index (κ1) is 30.5. The van der Waals surface area contributed by atoms with E-state index in [1.807, 2.05) is 13.2 Å². The lowest BCUT2D eigenvalue weighted by atomic mass is 9.98. The van der Waals surface area contributed by atoms with Crippen molar-refractivity contribution in [1.29, 1.82) is 0 Å². The van der Waals surface area contributed by atoms with Gasteiger partial charge in [0.2, 0.25) is 17.7 Å². The van der Waals surface area contributed by atoms with E-state index in [1.54, 1.807) is 18.7 Å². The third-order valence-corrected chi connectivity index (χ3v) is 6.15. The van der Waals surface area contributed by atoms with Gasteiger partial charge in [-0.1, -0.05) is 20.3 Å². The molecule has 0 spiro atoms. The number of nitrogens with two attached hydrogens (primary N) is 2. The maximum absolute atomic E-state index is 12.8. The maximum atomic E-state index is 12.8. The molecule has 3 amide bonds. The molecule has 0 aromatic heterocycles. The second-order valence-corrected chi connectivity index (χ2v) is 9.04. The summed E-state index contributed by atoms with van der Waals surface area (Å²) in [7, 11) is 0. The molecule has 0 aliphatic rings. The highest BCUT2D eigenvalue weighted by Gasteiger charge is 2.31. The Morgan fingerprint density at radius 3 is 2.09 bits per heavy atom. The number of thiol groups is 1. The van der Waals surface area contributed by atoms with Crippen LogP contribution in [0.5, 0.6) is 0 Å². The van der Waals surface area contributed by atoms with E-state index < -0.39 is 47.9 Å². The lowest BCUT2D eigenvalue weighted by molar-refractivity contribution is -0.143. The first-order valence-electron chi connectivity index (χ1n) is 10.8. The number of rotatable bonds is 17. The van der Waals surface area contributed by atoms with Gasteiger partial charge in [-0.15, -0.1) is 0 Å². The van der Waals surface area contributed by atoms with Gasteiger partial charge in [0.25, 0.3) is 0 Å². The molecule has 10 nitrogen and oxygen atoms in total. The standard InChI is InChI=1S/C20H39N5O5S2/c1-4-12(2)16(20(29)30)25-18(27)14(7-5-6-9-21)23-19(28)15(11-31)24-17(26)13(22)8-10-32-3/h12-16,31H,4-11,21-22H2,1-3H3,(H,23,28)(H,24,26)(H,25,27)(H,29,30). The lowest BCUT2D eigenvalue weighted by Crippen LogP contribution is -2.58. The lowest BCUT2D eigenvalue weighted by Gasteiger charge is -2.26. The van der Waals surface area contributed by atoms with Crippen molar-refractivity contribution in [2.24, 2.45) is 17.4 Å². The molecule has 5 atom stereocenters. The van der Waals surface area contributed by atoms with Crippen LogP contribution in [0.15, 0.2) is 0 Å². The number of unbranched alkanes of at least 4 members (excludes halogenated alkanes) is 1. The van der Waals surface area contributed by atoms with Crippen LogP contribution in [-0.2, 0) is 19.2 Å². The van der Waals surface area contributed by atoms with Crippen molar-refractivity contribution in [3.8, 4) is 0 Å². The third kappa shape index (κ3) is 11.4. The summed E-state index contributed by atoms with van der Waals surface area (Å²) < 4.78 is 0. The molecule has 0 aliphatic carbocycles. The molecule has 5 unspecified atom stereocenters. The summed E-state index contributed by atoms with van der Waals surface area (Å²) >= 11 is 5.70. The van der Waals surface area contributed by atoms with Crippen molar-refractivity contribution in [2.75, 3.05) is 24.3 Å². The molecule has 0 radical (unpaired) electrons. The van der Waals surface area contributed by atoms with E-state index in [4.69, 9.17) is 11.5 Å². The van der Waals surface area contributed by atoms with E-state index in [9.17, 15) is 24.3 Å². The van der Waals surface area contributed by atoms with Gasteiger partial charge >= 0.3 is 5.97 Å². The average molecular weight is 494 g/mol. The number of carboxylic acids is 1. The number of nitrogens with one attached hydrogen (secondary N) is 3. The Hall–Kier alpha value is -1.50.